The molecule has 2 unspecified atom stereocenters. The molecule has 0 spiro atoms. The number of hydrogen-bond acceptors (Lipinski definition) is 4. The topological polar surface area (TPSA) is 36.9 Å². The number of hydrogen-bond donors (Lipinski definition) is 0. The number of ether oxygens (including phenoxy) is 4. The first-order valence-electron chi connectivity index (χ1n) is 7.41. The molecule has 0 saturated carbocycles. The standard InChI is InChI=1S/C14H26O4/c1-3-9-15-13(7-1)17-11-5-6-12-18-14-8-2-4-10-16-14/h13-14H,1-12H2. The van der Waals surface area contributed by atoms with Crippen LogP contribution in [0.2, 0.25) is 0 Å². The molecular formula is C14H26O4. The second kappa shape index (κ2) is 8.86. The van der Waals surface area contributed by atoms with Gasteiger partial charge in [-0.25, -0.2) is 0 Å². The summed E-state index contributed by atoms with van der Waals surface area (Å²) in [6, 6.07) is 0. The summed E-state index contributed by atoms with van der Waals surface area (Å²) in [5, 5.41) is 0. The van der Waals surface area contributed by atoms with Crippen LogP contribution in [-0.4, -0.2) is 39.0 Å². The van der Waals surface area contributed by atoms with Crippen molar-refractivity contribution in [1.29, 1.82) is 0 Å². The van der Waals surface area contributed by atoms with E-state index in [4.69, 9.17) is 18.9 Å². The Kier molecular flexibility index (Phi) is 7.01. The van der Waals surface area contributed by atoms with Gasteiger partial charge in [0.2, 0.25) is 0 Å². The van der Waals surface area contributed by atoms with Crippen molar-refractivity contribution < 1.29 is 18.9 Å². The summed E-state index contributed by atoms with van der Waals surface area (Å²) >= 11 is 0. The highest BCUT2D eigenvalue weighted by atomic mass is 16.7. The van der Waals surface area contributed by atoms with Crippen LogP contribution >= 0.6 is 0 Å². The van der Waals surface area contributed by atoms with Crippen LogP contribution in [0.4, 0.5) is 0 Å². The first-order chi connectivity index (χ1) is 8.95. The van der Waals surface area contributed by atoms with E-state index in [2.05, 4.69) is 0 Å². The van der Waals surface area contributed by atoms with E-state index >= 15 is 0 Å². The molecule has 0 radical (unpaired) electrons. The molecule has 2 atom stereocenters. The molecular weight excluding hydrogens is 232 g/mol. The Bertz CT molecular complexity index is 176. The Labute approximate surface area is 110 Å². The van der Waals surface area contributed by atoms with Crippen molar-refractivity contribution in [1.82, 2.24) is 0 Å². The Hall–Kier alpha value is -0.160. The molecule has 0 aromatic carbocycles. The molecule has 4 nitrogen and oxygen atoms in total. The summed E-state index contributed by atoms with van der Waals surface area (Å²) < 4.78 is 22.3. The van der Waals surface area contributed by atoms with Crippen molar-refractivity contribution >= 4 is 0 Å². The SMILES string of the molecule is C(CCOC1CCCCO1)COC1CCCCO1. The lowest BCUT2D eigenvalue weighted by Gasteiger charge is -2.23. The lowest BCUT2D eigenvalue weighted by Crippen LogP contribution is -2.23. The lowest BCUT2D eigenvalue weighted by atomic mass is 10.2. The van der Waals surface area contributed by atoms with Crippen molar-refractivity contribution in [2.45, 2.75) is 63.9 Å². The average molecular weight is 258 g/mol. The predicted octanol–water partition coefficient (Wildman–Crippen LogP) is 2.85. The molecule has 0 N–H and O–H groups in total. The van der Waals surface area contributed by atoms with Gasteiger partial charge >= 0.3 is 0 Å². The minimum Gasteiger partial charge on any atom is -0.353 e. The van der Waals surface area contributed by atoms with Gasteiger partial charge in [0.1, 0.15) is 0 Å². The van der Waals surface area contributed by atoms with Gasteiger partial charge in [-0.3, -0.25) is 0 Å². The monoisotopic (exact) mass is 258 g/mol. The summed E-state index contributed by atoms with van der Waals surface area (Å²) in [5.41, 5.74) is 0. The fourth-order valence-corrected chi connectivity index (χ4v) is 2.32. The van der Waals surface area contributed by atoms with Gasteiger partial charge in [-0.15, -0.1) is 0 Å². The van der Waals surface area contributed by atoms with Gasteiger partial charge in [0.25, 0.3) is 0 Å². The summed E-state index contributed by atoms with van der Waals surface area (Å²) in [6.07, 6.45) is 9.06. The van der Waals surface area contributed by atoms with Crippen molar-refractivity contribution in [3.63, 3.8) is 0 Å². The van der Waals surface area contributed by atoms with Gasteiger partial charge in [0, 0.05) is 26.4 Å². The maximum Gasteiger partial charge on any atom is 0.157 e. The summed E-state index contributed by atoms with van der Waals surface area (Å²) in [6.45, 7) is 3.26. The minimum atomic E-state index is 0.0429. The molecule has 18 heavy (non-hydrogen) atoms. The van der Waals surface area contributed by atoms with Crippen LogP contribution in [-0.2, 0) is 18.9 Å². The molecule has 2 aliphatic heterocycles. The zero-order valence-electron chi connectivity index (χ0n) is 11.3. The normalized spacial score (nSPS) is 29.3. The van der Waals surface area contributed by atoms with Crippen LogP contribution in [0.25, 0.3) is 0 Å². The van der Waals surface area contributed by atoms with Crippen molar-refractivity contribution in [3.05, 3.63) is 0 Å². The maximum absolute atomic E-state index is 5.67. The van der Waals surface area contributed by atoms with Gasteiger partial charge < -0.3 is 18.9 Å². The minimum absolute atomic E-state index is 0.0429. The van der Waals surface area contributed by atoms with Crippen LogP contribution < -0.4 is 0 Å². The molecule has 2 aliphatic rings. The molecule has 0 aliphatic carbocycles. The van der Waals surface area contributed by atoms with E-state index in [-0.39, 0.29) is 12.6 Å². The van der Waals surface area contributed by atoms with E-state index in [1.54, 1.807) is 0 Å². The largest absolute Gasteiger partial charge is 0.353 e. The second-order valence-electron chi connectivity index (χ2n) is 5.04. The summed E-state index contributed by atoms with van der Waals surface area (Å²) in [7, 11) is 0. The molecule has 2 saturated heterocycles. The first-order valence-corrected chi connectivity index (χ1v) is 7.41. The van der Waals surface area contributed by atoms with E-state index in [1.807, 2.05) is 0 Å². The third-order valence-electron chi connectivity index (χ3n) is 3.42. The molecule has 2 rings (SSSR count). The van der Waals surface area contributed by atoms with Crippen LogP contribution in [0.3, 0.4) is 0 Å². The highest BCUT2D eigenvalue weighted by Gasteiger charge is 2.14. The predicted molar refractivity (Wildman–Crippen MR) is 68.3 cm³/mol. The van der Waals surface area contributed by atoms with Crippen LogP contribution in [0.15, 0.2) is 0 Å². The molecule has 106 valence electrons. The number of rotatable bonds is 7. The summed E-state index contributed by atoms with van der Waals surface area (Å²) in [4.78, 5) is 0. The first kappa shape index (κ1) is 14.3. The fraction of sp³-hybridized carbons (Fsp3) is 1.00. The Morgan fingerprint density at radius 1 is 0.722 bits per heavy atom. The zero-order chi connectivity index (χ0) is 12.5. The third kappa shape index (κ3) is 5.65. The molecule has 0 amide bonds. The third-order valence-corrected chi connectivity index (χ3v) is 3.42. The second-order valence-corrected chi connectivity index (χ2v) is 5.04. The molecule has 2 fully saturated rings. The van der Waals surface area contributed by atoms with Crippen LogP contribution in [0.1, 0.15) is 51.4 Å². The van der Waals surface area contributed by atoms with Crippen molar-refractivity contribution in [3.8, 4) is 0 Å². The zero-order valence-corrected chi connectivity index (χ0v) is 11.3. The van der Waals surface area contributed by atoms with Gasteiger partial charge in [-0.1, -0.05) is 0 Å². The highest BCUT2D eigenvalue weighted by molar-refractivity contribution is 4.55. The molecule has 0 aromatic heterocycles. The molecule has 0 bridgehead atoms. The van der Waals surface area contributed by atoms with E-state index in [9.17, 15) is 0 Å². The smallest absolute Gasteiger partial charge is 0.157 e. The van der Waals surface area contributed by atoms with E-state index < -0.39 is 0 Å². The Balaban J connectivity index is 1.39. The Morgan fingerprint density at radius 3 is 1.61 bits per heavy atom. The molecule has 4 heteroatoms. The van der Waals surface area contributed by atoms with E-state index in [0.29, 0.717) is 0 Å². The van der Waals surface area contributed by atoms with Crippen molar-refractivity contribution in [2.75, 3.05) is 26.4 Å². The molecule has 0 aromatic rings. The van der Waals surface area contributed by atoms with Gasteiger partial charge in [0.05, 0.1) is 0 Å². The highest BCUT2D eigenvalue weighted by Crippen LogP contribution is 2.15. The van der Waals surface area contributed by atoms with Gasteiger partial charge in [-0.05, 0) is 51.4 Å². The molecule has 2 heterocycles. The quantitative estimate of drug-likeness (QED) is 0.658. The average Bonchev–Trinajstić information content (AvgIpc) is 2.45. The maximum atomic E-state index is 5.67. The van der Waals surface area contributed by atoms with Gasteiger partial charge in [-0.2, -0.15) is 0 Å². The van der Waals surface area contributed by atoms with Crippen LogP contribution in [0.5, 0.6) is 0 Å². The van der Waals surface area contributed by atoms with E-state index in [0.717, 1.165) is 52.1 Å². The van der Waals surface area contributed by atoms with Crippen molar-refractivity contribution in [2.24, 2.45) is 0 Å². The van der Waals surface area contributed by atoms with Gasteiger partial charge in [0.15, 0.2) is 12.6 Å². The van der Waals surface area contributed by atoms with Crippen LogP contribution in [0, 0.1) is 0 Å². The summed E-state index contributed by atoms with van der Waals surface area (Å²) in [5.74, 6) is 0. The number of unbranched alkanes of at least 4 members (excludes halogenated alkanes) is 1. The Morgan fingerprint density at radius 2 is 1.22 bits per heavy atom. The van der Waals surface area contributed by atoms with E-state index in [1.165, 1.54) is 25.7 Å². The lowest BCUT2D eigenvalue weighted by molar-refractivity contribution is -0.170. The fourth-order valence-electron chi connectivity index (χ4n) is 2.32.